The van der Waals surface area contributed by atoms with Gasteiger partial charge in [0.25, 0.3) is 0 Å². The average Bonchev–Trinajstić information content (AvgIpc) is 2.50. The maximum atomic E-state index is 3.97. The molecule has 0 unspecified atom stereocenters. The third kappa shape index (κ3) is 2.31. The molecule has 0 aliphatic heterocycles. The van der Waals surface area contributed by atoms with Crippen molar-refractivity contribution in [2.75, 3.05) is 0 Å². The van der Waals surface area contributed by atoms with Gasteiger partial charge in [0.1, 0.15) is 5.82 Å². The summed E-state index contributed by atoms with van der Waals surface area (Å²) in [5, 5.41) is 3.16. The van der Waals surface area contributed by atoms with Crippen LogP contribution in [0.25, 0.3) is 0 Å². The molecule has 1 rings (SSSR count). The second-order valence-corrected chi connectivity index (χ2v) is 2.25. The lowest BCUT2D eigenvalue weighted by atomic mass is 10.6. The van der Waals surface area contributed by atoms with E-state index in [4.69, 9.17) is 0 Å². The monoisotopic (exact) mass is 124 g/mol. The number of hydrogen-bond donors (Lipinski definition) is 1. The first-order valence-corrected chi connectivity index (χ1v) is 3.27. The molecule has 9 heavy (non-hydrogen) atoms. The van der Waals surface area contributed by atoms with Crippen LogP contribution in [0, 0.1) is 0 Å². The van der Waals surface area contributed by atoms with Gasteiger partial charge >= 0.3 is 0 Å². The normalized spacial score (nSPS) is 18.3. The highest BCUT2D eigenvalue weighted by Gasteiger charge is 2.20. The Bertz CT molecular complexity index is 134. The van der Waals surface area contributed by atoms with Gasteiger partial charge in [-0.1, -0.05) is 6.58 Å². The SMILES string of the molecule is C=C(N=CC)NC1CC1. The molecule has 0 amide bonds. The van der Waals surface area contributed by atoms with Gasteiger partial charge < -0.3 is 5.32 Å². The van der Waals surface area contributed by atoms with Crippen LogP contribution in [0.4, 0.5) is 0 Å². The van der Waals surface area contributed by atoms with Gasteiger partial charge in [-0.2, -0.15) is 0 Å². The van der Waals surface area contributed by atoms with Crippen LogP contribution in [0.5, 0.6) is 0 Å². The molecule has 0 aromatic carbocycles. The first kappa shape index (κ1) is 6.33. The molecule has 0 spiro atoms. The quantitative estimate of drug-likeness (QED) is 0.563. The highest BCUT2D eigenvalue weighted by Crippen LogP contribution is 2.19. The summed E-state index contributed by atoms with van der Waals surface area (Å²) in [5.41, 5.74) is 0. The van der Waals surface area contributed by atoms with E-state index in [1.165, 1.54) is 12.8 Å². The van der Waals surface area contributed by atoms with Crippen LogP contribution < -0.4 is 5.32 Å². The standard InChI is InChI=1S/C7H12N2/c1-3-8-6(2)9-7-4-5-7/h3,7,9H,2,4-5H2,1H3. The Labute approximate surface area is 55.7 Å². The third-order valence-corrected chi connectivity index (χ3v) is 1.23. The molecule has 1 fully saturated rings. The van der Waals surface area contributed by atoms with E-state index in [1.54, 1.807) is 6.21 Å². The Morgan fingerprint density at radius 1 is 1.78 bits per heavy atom. The Balaban J connectivity index is 2.17. The summed E-state index contributed by atoms with van der Waals surface area (Å²) in [6.45, 7) is 5.60. The summed E-state index contributed by atoms with van der Waals surface area (Å²) in [5.74, 6) is 0.792. The number of aliphatic imine (C=N–C) groups is 1. The Morgan fingerprint density at radius 2 is 2.44 bits per heavy atom. The maximum absolute atomic E-state index is 3.97. The first-order chi connectivity index (χ1) is 4.33. The molecule has 0 radical (unpaired) electrons. The maximum Gasteiger partial charge on any atom is 0.118 e. The van der Waals surface area contributed by atoms with E-state index in [2.05, 4.69) is 16.9 Å². The molecular formula is C7H12N2. The molecule has 2 nitrogen and oxygen atoms in total. The lowest BCUT2D eigenvalue weighted by Gasteiger charge is -1.99. The summed E-state index contributed by atoms with van der Waals surface area (Å²) in [6, 6.07) is 0.668. The highest BCUT2D eigenvalue weighted by molar-refractivity contribution is 5.54. The minimum absolute atomic E-state index is 0.668. The molecule has 0 aromatic heterocycles. The van der Waals surface area contributed by atoms with Crippen LogP contribution in [0.3, 0.4) is 0 Å². The van der Waals surface area contributed by atoms with E-state index >= 15 is 0 Å². The number of nitrogens with one attached hydrogen (secondary N) is 1. The zero-order chi connectivity index (χ0) is 6.69. The molecule has 1 aliphatic rings. The lowest BCUT2D eigenvalue weighted by Crippen LogP contribution is -2.12. The molecule has 1 saturated carbocycles. The minimum Gasteiger partial charge on any atom is -0.368 e. The largest absolute Gasteiger partial charge is 0.368 e. The van der Waals surface area contributed by atoms with E-state index in [-0.39, 0.29) is 0 Å². The van der Waals surface area contributed by atoms with Gasteiger partial charge in [-0.05, 0) is 19.8 Å². The fraction of sp³-hybridized carbons (Fsp3) is 0.571. The summed E-state index contributed by atoms with van der Waals surface area (Å²) >= 11 is 0. The van der Waals surface area contributed by atoms with Gasteiger partial charge in [0.15, 0.2) is 0 Å². The van der Waals surface area contributed by atoms with Crippen LogP contribution in [0.15, 0.2) is 17.4 Å². The van der Waals surface area contributed by atoms with Gasteiger partial charge in [0, 0.05) is 12.3 Å². The fourth-order valence-corrected chi connectivity index (χ4v) is 0.656. The molecule has 0 saturated heterocycles. The summed E-state index contributed by atoms with van der Waals surface area (Å²) in [4.78, 5) is 3.97. The number of rotatable bonds is 3. The van der Waals surface area contributed by atoms with Crippen molar-refractivity contribution in [2.45, 2.75) is 25.8 Å². The van der Waals surface area contributed by atoms with Gasteiger partial charge in [-0.15, -0.1) is 0 Å². The van der Waals surface area contributed by atoms with Gasteiger partial charge in [0.05, 0.1) is 0 Å². The molecule has 1 aliphatic carbocycles. The minimum atomic E-state index is 0.668. The van der Waals surface area contributed by atoms with Crippen LogP contribution in [-0.4, -0.2) is 12.3 Å². The van der Waals surface area contributed by atoms with Crippen molar-refractivity contribution < 1.29 is 0 Å². The van der Waals surface area contributed by atoms with Crippen molar-refractivity contribution in [3.63, 3.8) is 0 Å². The van der Waals surface area contributed by atoms with E-state index in [9.17, 15) is 0 Å². The predicted octanol–water partition coefficient (Wildman–Crippen LogP) is 1.30. The average molecular weight is 124 g/mol. The van der Waals surface area contributed by atoms with E-state index in [0.717, 1.165) is 5.82 Å². The van der Waals surface area contributed by atoms with E-state index < -0.39 is 0 Å². The van der Waals surface area contributed by atoms with Crippen molar-refractivity contribution in [3.05, 3.63) is 12.4 Å². The smallest absolute Gasteiger partial charge is 0.118 e. The Morgan fingerprint density at radius 3 is 2.89 bits per heavy atom. The summed E-state index contributed by atoms with van der Waals surface area (Å²) in [6.07, 6.45) is 4.30. The topological polar surface area (TPSA) is 24.4 Å². The van der Waals surface area contributed by atoms with E-state index in [1.807, 2.05) is 6.92 Å². The molecule has 2 heteroatoms. The second-order valence-electron chi connectivity index (χ2n) is 2.25. The van der Waals surface area contributed by atoms with Crippen LogP contribution in [0.1, 0.15) is 19.8 Å². The van der Waals surface area contributed by atoms with Gasteiger partial charge in [0.2, 0.25) is 0 Å². The lowest BCUT2D eigenvalue weighted by molar-refractivity contribution is 0.799. The first-order valence-electron chi connectivity index (χ1n) is 3.27. The zero-order valence-corrected chi connectivity index (χ0v) is 5.72. The number of nitrogens with zero attached hydrogens (tertiary/aromatic N) is 1. The number of hydrogen-bond acceptors (Lipinski definition) is 2. The Kier molecular flexibility index (Phi) is 1.88. The van der Waals surface area contributed by atoms with E-state index in [0.29, 0.717) is 6.04 Å². The molecule has 0 aromatic rings. The highest BCUT2D eigenvalue weighted by atomic mass is 15.1. The third-order valence-electron chi connectivity index (χ3n) is 1.23. The van der Waals surface area contributed by atoms with Crippen molar-refractivity contribution >= 4 is 6.21 Å². The van der Waals surface area contributed by atoms with Crippen molar-refractivity contribution in [3.8, 4) is 0 Å². The summed E-state index contributed by atoms with van der Waals surface area (Å²) < 4.78 is 0. The predicted molar refractivity (Wildman–Crippen MR) is 39.5 cm³/mol. The molecule has 0 atom stereocenters. The molecule has 1 N–H and O–H groups in total. The molecular weight excluding hydrogens is 112 g/mol. The van der Waals surface area contributed by atoms with Crippen molar-refractivity contribution in [1.82, 2.24) is 5.32 Å². The fourth-order valence-electron chi connectivity index (χ4n) is 0.656. The van der Waals surface area contributed by atoms with Crippen LogP contribution in [0.2, 0.25) is 0 Å². The Hall–Kier alpha value is -0.790. The zero-order valence-electron chi connectivity index (χ0n) is 5.72. The molecule has 50 valence electrons. The molecule has 0 heterocycles. The summed E-state index contributed by atoms with van der Waals surface area (Å²) in [7, 11) is 0. The molecule has 0 bridgehead atoms. The van der Waals surface area contributed by atoms with Crippen LogP contribution in [-0.2, 0) is 0 Å². The van der Waals surface area contributed by atoms with Gasteiger partial charge in [-0.3, -0.25) is 0 Å². The van der Waals surface area contributed by atoms with Crippen molar-refractivity contribution in [2.24, 2.45) is 4.99 Å². The van der Waals surface area contributed by atoms with Gasteiger partial charge in [-0.25, -0.2) is 4.99 Å². The van der Waals surface area contributed by atoms with Crippen molar-refractivity contribution in [1.29, 1.82) is 0 Å². The second kappa shape index (κ2) is 2.67. The van der Waals surface area contributed by atoms with Crippen LogP contribution >= 0.6 is 0 Å².